The van der Waals surface area contributed by atoms with Crippen LogP contribution in [0, 0.1) is 5.82 Å². The normalized spacial score (nSPS) is 10.8. The quantitative estimate of drug-likeness (QED) is 0.790. The fourth-order valence-corrected chi connectivity index (χ4v) is 1.46. The third-order valence-electron chi connectivity index (χ3n) is 1.51. The highest BCUT2D eigenvalue weighted by molar-refractivity contribution is 9.10. The lowest BCUT2D eigenvalue weighted by molar-refractivity contribution is -0.0736. The van der Waals surface area contributed by atoms with Gasteiger partial charge in [-0.15, -0.1) is 0 Å². The van der Waals surface area contributed by atoms with E-state index in [0.717, 1.165) is 11.1 Å². The van der Waals surface area contributed by atoms with E-state index >= 15 is 0 Å². The van der Waals surface area contributed by atoms with E-state index in [1.54, 1.807) is 0 Å². The average Bonchev–Trinajstić information content (AvgIpc) is 1.98. The lowest BCUT2D eigenvalue weighted by atomic mass is 10.2. The Bertz CT molecular complexity index is 317. The van der Waals surface area contributed by atoms with Gasteiger partial charge in [-0.25, -0.2) is 4.39 Å². The molecule has 0 atom stereocenters. The molecule has 0 aliphatic heterocycles. The molecule has 2 N–H and O–H groups in total. The van der Waals surface area contributed by atoms with Crippen LogP contribution in [0.4, 0.5) is 4.39 Å². The number of hydroxylamine groups is 2. The molecule has 1 rings (SSSR count). The van der Waals surface area contributed by atoms with Gasteiger partial charge in [-0.1, -0.05) is 0 Å². The Morgan fingerprint density at radius 3 is 2.69 bits per heavy atom. The number of rotatable bonds is 2. The summed E-state index contributed by atoms with van der Waals surface area (Å²) in [5.74, 6) is -0.510. The van der Waals surface area contributed by atoms with E-state index in [1.165, 1.54) is 13.1 Å². The van der Waals surface area contributed by atoms with E-state index in [-0.39, 0.29) is 16.8 Å². The van der Waals surface area contributed by atoms with Gasteiger partial charge in [0.15, 0.2) is 0 Å². The molecule has 0 unspecified atom stereocenters. The van der Waals surface area contributed by atoms with Crippen molar-refractivity contribution in [2.45, 2.75) is 6.54 Å². The lowest BCUT2D eigenvalue weighted by Gasteiger charge is -2.10. The van der Waals surface area contributed by atoms with Crippen molar-refractivity contribution in [2.75, 3.05) is 7.05 Å². The van der Waals surface area contributed by atoms with Crippen LogP contribution < -0.4 is 0 Å². The predicted octanol–water partition coefficient (Wildman–Crippen LogP) is 2.11. The number of nitrogens with zero attached hydrogens (tertiary/aromatic N) is 1. The number of hydrogen-bond donors (Lipinski definition) is 2. The van der Waals surface area contributed by atoms with Crippen LogP contribution in [0.1, 0.15) is 5.56 Å². The molecular formula is C8H9BrFNO2. The molecule has 72 valence electrons. The highest BCUT2D eigenvalue weighted by Gasteiger charge is 2.09. The van der Waals surface area contributed by atoms with E-state index in [0.29, 0.717) is 5.56 Å². The van der Waals surface area contributed by atoms with Gasteiger partial charge in [0.2, 0.25) is 0 Å². The van der Waals surface area contributed by atoms with Gasteiger partial charge >= 0.3 is 0 Å². The minimum absolute atomic E-state index is 0.0534. The van der Waals surface area contributed by atoms with Crippen LogP contribution >= 0.6 is 15.9 Å². The number of halogens is 2. The van der Waals surface area contributed by atoms with Crippen molar-refractivity contribution in [3.8, 4) is 5.75 Å². The Kier molecular flexibility index (Phi) is 3.24. The van der Waals surface area contributed by atoms with Gasteiger partial charge in [0.1, 0.15) is 11.6 Å². The van der Waals surface area contributed by atoms with Crippen LogP contribution in [-0.2, 0) is 6.54 Å². The first-order chi connectivity index (χ1) is 6.00. The van der Waals surface area contributed by atoms with Gasteiger partial charge in [0, 0.05) is 12.6 Å². The molecule has 0 aliphatic rings. The first kappa shape index (κ1) is 10.4. The Balaban J connectivity index is 3.05. The zero-order chi connectivity index (χ0) is 10.0. The molecule has 0 aromatic heterocycles. The highest BCUT2D eigenvalue weighted by atomic mass is 79.9. The molecule has 3 nitrogen and oxygen atoms in total. The van der Waals surface area contributed by atoms with Crippen molar-refractivity contribution < 1.29 is 14.7 Å². The molecule has 1 aromatic carbocycles. The van der Waals surface area contributed by atoms with E-state index < -0.39 is 5.82 Å². The molecule has 0 saturated carbocycles. The van der Waals surface area contributed by atoms with Crippen molar-refractivity contribution in [3.63, 3.8) is 0 Å². The van der Waals surface area contributed by atoms with Crippen molar-refractivity contribution in [2.24, 2.45) is 0 Å². The number of phenols is 1. The number of phenolic OH excluding ortho intramolecular Hbond substituents is 1. The second-order valence-electron chi connectivity index (χ2n) is 2.71. The molecule has 13 heavy (non-hydrogen) atoms. The van der Waals surface area contributed by atoms with E-state index in [2.05, 4.69) is 15.9 Å². The maximum absolute atomic E-state index is 12.8. The molecule has 0 fully saturated rings. The molecule has 0 aliphatic carbocycles. The topological polar surface area (TPSA) is 43.7 Å². The second kappa shape index (κ2) is 4.04. The highest BCUT2D eigenvalue weighted by Crippen LogP contribution is 2.29. The van der Waals surface area contributed by atoms with E-state index in [4.69, 9.17) is 5.21 Å². The Morgan fingerprint density at radius 2 is 2.15 bits per heavy atom. The monoisotopic (exact) mass is 249 g/mol. The van der Waals surface area contributed by atoms with Crippen molar-refractivity contribution >= 4 is 15.9 Å². The largest absolute Gasteiger partial charge is 0.506 e. The first-order valence-corrected chi connectivity index (χ1v) is 4.37. The predicted molar refractivity (Wildman–Crippen MR) is 49.0 cm³/mol. The summed E-state index contributed by atoms with van der Waals surface area (Å²) >= 11 is 3.00. The minimum atomic E-state index is -0.457. The second-order valence-corrected chi connectivity index (χ2v) is 3.57. The lowest BCUT2D eigenvalue weighted by Crippen LogP contribution is -2.12. The van der Waals surface area contributed by atoms with Crippen molar-refractivity contribution in [1.82, 2.24) is 5.06 Å². The third kappa shape index (κ3) is 2.65. The zero-order valence-electron chi connectivity index (χ0n) is 6.96. The minimum Gasteiger partial charge on any atom is -0.506 e. The van der Waals surface area contributed by atoms with Crippen LogP contribution in [0.25, 0.3) is 0 Å². The summed E-state index contributed by atoms with van der Waals surface area (Å²) < 4.78 is 13.1. The maximum atomic E-state index is 12.8. The van der Waals surface area contributed by atoms with Crippen LogP contribution in [-0.4, -0.2) is 22.4 Å². The molecule has 0 heterocycles. The Morgan fingerprint density at radius 1 is 1.54 bits per heavy atom. The molecule has 0 saturated heterocycles. The molecular weight excluding hydrogens is 241 g/mol. The molecule has 0 radical (unpaired) electrons. The summed E-state index contributed by atoms with van der Waals surface area (Å²) in [5, 5.41) is 19.2. The third-order valence-corrected chi connectivity index (χ3v) is 2.11. The molecule has 0 bridgehead atoms. The molecule has 1 aromatic rings. The summed E-state index contributed by atoms with van der Waals surface area (Å²) in [6, 6.07) is 2.34. The van der Waals surface area contributed by atoms with Crippen LogP contribution in [0.15, 0.2) is 16.6 Å². The van der Waals surface area contributed by atoms with Crippen LogP contribution in [0.5, 0.6) is 5.75 Å². The first-order valence-electron chi connectivity index (χ1n) is 3.57. The Hall–Kier alpha value is -0.650. The summed E-state index contributed by atoms with van der Waals surface area (Å²) in [6.45, 7) is 0.0716. The number of hydrogen-bond acceptors (Lipinski definition) is 3. The summed E-state index contributed by atoms with van der Waals surface area (Å²) in [4.78, 5) is 0. The van der Waals surface area contributed by atoms with Gasteiger partial charge < -0.3 is 10.3 Å². The standard InChI is InChI=1S/C8H9BrFNO2/c1-11(13)4-5-2-6(10)3-7(9)8(5)12/h2-3,12-13H,4H2,1H3. The van der Waals surface area contributed by atoms with Gasteiger partial charge in [0.05, 0.1) is 11.0 Å². The maximum Gasteiger partial charge on any atom is 0.134 e. The van der Waals surface area contributed by atoms with Crippen molar-refractivity contribution in [1.29, 1.82) is 0 Å². The van der Waals surface area contributed by atoms with Crippen LogP contribution in [0.2, 0.25) is 0 Å². The summed E-state index contributed by atoms with van der Waals surface area (Å²) in [6.07, 6.45) is 0. The SMILES string of the molecule is CN(O)Cc1cc(F)cc(Br)c1O. The molecule has 0 spiro atoms. The number of benzene rings is 1. The molecule has 0 amide bonds. The average molecular weight is 250 g/mol. The summed E-state index contributed by atoms with van der Waals surface area (Å²) in [5.41, 5.74) is 0.330. The molecule has 5 heteroatoms. The summed E-state index contributed by atoms with van der Waals surface area (Å²) in [7, 11) is 1.41. The fourth-order valence-electron chi connectivity index (χ4n) is 0.986. The zero-order valence-corrected chi connectivity index (χ0v) is 8.55. The smallest absolute Gasteiger partial charge is 0.134 e. The van der Waals surface area contributed by atoms with Crippen molar-refractivity contribution in [3.05, 3.63) is 28.0 Å². The van der Waals surface area contributed by atoms with Gasteiger partial charge in [0.25, 0.3) is 0 Å². The number of aromatic hydroxyl groups is 1. The Labute approximate surface area is 83.5 Å². The van der Waals surface area contributed by atoms with Gasteiger partial charge in [-0.05, 0) is 28.1 Å². The van der Waals surface area contributed by atoms with E-state index in [9.17, 15) is 9.50 Å². The van der Waals surface area contributed by atoms with Gasteiger partial charge in [-0.3, -0.25) is 0 Å². The fraction of sp³-hybridized carbons (Fsp3) is 0.250. The van der Waals surface area contributed by atoms with E-state index in [1.807, 2.05) is 0 Å². The van der Waals surface area contributed by atoms with Gasteiger partial charge in [-0.2, -0.15) is 5.06 Å². The van der Waals surface area contributed by atoms with Crippen LogP contribution in [0.3, 0.4) is 0 Å².